The summed E-state index contributed by atoms with van der Waals surface area (Å²) in [5.41, 5.74) is 2.00. The Morgan fingerprint density at radius 1 is 1.12 bits per heavy atom. The molecule has 25 heavy (non-hydrogen) atoms. The van der Waals surface area contributed by atoms with Crippen LogP contribution in [0.15, 0.2) is 53.4 Å². The molecule has 2 aromatic carbocycles. The van der Waals surface area contributed by atoms with Gasteiger partial charge in [0.25, 0.3) is 0 Å². The van der Waals surface area contributed by atoms with Crippen LogP contribution in [0.3, 0.4) is 0 Å². The van der Waals surface area contributed by atoms with Crippen LogP contribution < -0.4 is 5.32 Å². The first-order valence-electron chi connectivity index (χ1n) is 8.54. The average molecular weight is 379 g/mol. The predicted molar refractivity (Wildman–Crippen MR) is 102 cm³/mol. The van der Waals surface area contributed by atoms with Crippen LogP contribution in [-0.4, -0.2) is 25.8 Å². The third kappa shape index (κ3) is 4.54. The van der Waals surface area contributed by atoms with E-state index < -0.39 is 10.0 Å². The molecule has 6 heteroatoms. The fraction of sp³-hybridized carbons (Fsp3) is 0.368. The van der Waals surface area contributed by atoms with Crippen molar-refractivity contribution in [3.8, 4) is 0 Å². The van der Waals surface area contributed by atoms with Gasteiger partial charge in [0.2, 0.25) is 10.0 Å². The van der Waals surface area contributed by atoms with Crippen LogP contribution in [0.25, 0.3) is 0 Å². The molecule has 1 aliphatic rings. The molecule has 3 rings (SSSR count). The monoisotopic (exact) mass is 378 g/mol. The van der Waals surface area contributed by atoms with Gasteiger partial charge in [-0.1, -0.05) is 30.7 Å². The lowest BCUT2D eigenvalue weighted by Gasteiger charge is -2.30. The Bertz CT molecular complexity index is 804. The highest BCUT2D eigenvalue weighted by molar-refractivity contribution is 7.89. The lowest BCUT2D eigenvalue weighted by atomic mass is 10.0. The number of rotatable bonds is 5. The van der Waals surface area contributed by atoms with Crippen LogP contribution >= 0.6 is 11.6 Å². The zero-order chi connectivity index (χ0) is 17.9. The standard InChI is InChI=1S/C19H23ClN2O2S/c1-15-3-2-12-22(14-15)25(23,24)19-10-8-18(9-11-19)21-13-16-4-6-17(20)7-5-16/h4-11,15,21H,2-3,12-14H2,1H3. The highest BCUT2D eigenvalue weighted by Gasteiger charge is 2.28. The molecule has 0 spiro atoms. The van der Waals surface area contributed by atoms with Crippen molar-refractivity contribution < 1.29 is 8.42 Å². The van der Waals surface area contributed by atoms with Crippen molar-refractivity contribution in [2.24, 2.45) is 5.92 Å². The van der Waals surface area contributed by atoms with Crippen molar-refractivity contribution in [3.63, 3.8) is 0 Å². The molecule has 1 unspecified atom stereocenters. The molecule has 0 amide bonds. The molecule has 4 nitrogen and oxygen atoms in total. The first-order chi connectivity index (χ1) is 11.9. The number of halogens is 1. The summed E-state index contributed by atoms with van der Waals surface area (Å²) in [4.78, 5) is 0.360. The van der Waals surface area contributed by atoms with Crippen molar-refractivity contribution in [3.05, 3.63) is 59.1 Å². The van der Waals surface area contributed by atoms with E-state index in [2.05, 4.69) is 12.2 Å². The lowest BCUT2D eigenvalue weighted by Crippen LogP contribution is -2.39. The molecule has 1 atom stereocenters. The van der Waals surface area contributed by atoms with Gasteiger partial charge in [0.05, 0.1) is 4.90 Å². The third-order valence-electron chi connectivity index (χ3n) is 4.52. The van der Waals surface area contributed by atoms with E-state index in [1.54, 1.807) is 16.4 Å². The minimum absolute atomic E-state index is 0.360. The summed E-state index contributed by atoms with van der Waals surface area (Å²) in [5, 5.41) is 4.01. The molecular formula is C19H23ClN2O2S. The molecule has 1 saturated heterocycles. The van der Waals surface area contributed by atoms with Gasteiger partial charge in [-0.2, -0.15) is 4.31 Å². The van der Waals surface area contributed by atoms with Gasteiger partial charge in [0.1, 0.15) is 0 Å². The molecule has 0 saturated carbocycles. The van der Waals surface area contributed by atoms with Crippen molar-refractivity contribution in [2.45, 2.75) is 31.2 Å². The van der Waals surface area contributed by atoms with Gasteiger partial charge in [-0.15, -0.1) is 0 Å². The summed E-state index contributed by atoms with van der Waals surface area (Å²) >= 11 is 5.88. The van der Waals surface area contributed by atoms with E-state index >= 15 is 0 Å². The number of nitrogens with one attached hydrogen (secondary N) is 1. The highest BCUT2D eigenvalue weighted by atomic mass is 35.5. The number of benzene rings is 2. The predicted octanol–water partition coefficient (Wildman–Crippen LogP) is 4.37. The number of hydrogen-bond donors (Lipinski definition) is 1. The van der Waals surface area contributed by atoms with E-state index in [-0.39, 0.29) is 0 Å². The van der Waals surface area contributed by atoms with E-state index in [9.17, 15) is 8.42 Å². The van der Waals surface area contributed by atoms with E-state index in [1.165, 1.54) is 0 Å². The van der Waals surface area contributed by atoms with E-state index in [0.717, 1.165) is 24.1 Å². The minimum Gasteiger partial charge on any atom is -0.381 e. The maximum Gasteiger partial charge on any atom is 0.243 e. The van der Waals surface area contributed by atoms with Crippen molar-refractivity contribution in [2.75, 3.05) is 18.4 Å². The normalized spacial score (nSPS) is 18.9. The van der Waals surface area contributed by atoms with Gasteiger partial charge in [-0.25, -0.2) is 8.42 Å². The molecule has 2 aromatic rings. The van der Waals surface area contributed by atoms with Gasteiger partial charge >= 0.3 is 0 Å². The molecule has 1 fully saturated rings. The Morgan fingerprint density at radius 2 is 1.80 bits per heavy atom. The Morgan fingerprint density at radius 3 is 2.44 bits per heavy atom. The molecule has 1 N–H and O–H groups in total. The quantitative estimate of drug-likeness (QED) is 0.840. The number of nitrogens with zero attached hydrogens (tertiary/aromatic N) is 1. The third-order valence-corrected chi connectivity index (χ3v) is 6.65. The molecule has 0 radical (unpaired) electrons. The number of piperidine rings is 1. The van der Waals surface area contributed by atoms with E-state index in [0.29, 0.717) is 35.5 Å². The molecule has 1 aliphatic heterocycles. The van der Waals surface area contributed by atoms with E-state index in [4.69, 9.17) is 11.6 Å². The zero-order valence-corrected chi connectivity index (χ0v) is 15.9. The van der Waals surface area contributed by atoms with Gasteiger partial charge in [-0.05, 0) is 60.7 Å². The second-order valence-corrected chi connectivity index (χ2v) is 8.99. The maximum absolute atomic E-state index is 12.7. The van der Waals surface area contributed by atoms with Crippen LogP contribution in [0, 0.1) is 5.92 Å². The van der Waals surface area contributed by atoms with Crippen LogP contribution in [0.5, 0.6) is 0 Å². The fourth-order valence-corrected chi connectivity index (χ4v) is 4.79. The zero-order valence-electron chi connectivity index (χ0n) is 14.3. The molecule has 134 valence electrons. The summed E-state index contributed by atoms with van der Waals surface area (Å²) in [5.74, 6) is 0.420. The average Bonchev–Trinajstić information content (AvgIpc) is 2.62. The first-order valence-corrected chi connectivity index (χ1v) is 10.4. The summed E-state index contributed by atoms with van der Waals surface area (Å²) in [7, 11) is -3.39. The SMILES string of the molecule is CC1CCCN(S(=O)(=O)c2ccc(NCc3ccc(Cl)cc3)cc2)C1. The van der Waals surface area contributed by atoms with Gasteiger partial charge < -0.3 is 5.32 Å². The number of anilines is 1. The summed E-state index contributed by atoms with van der Waals surface area (Å²) in [6.45, 7) is 3.99. The van der Waals surface area contributed by atoms with E-state index in [1.807, 2.05) is 36.4 Å². The lowest BCUT2D eigenvalue weighted by molar-refractivity contribution is 0.281. The molecule has 1 heterocycles. The molecule has 0 bridgehead atoms. The fourth-order valence-electron chi connectivity index (χ4n) is 3.06. The highest BCUT2D eigenvalue weighted by Crippen LogP contribution is 2.24. The molecule has 0 aromatic heterocycles. The van der Waals surface area contributed by atoms with Gasteiger partial charge in [0, 0.05) is 30.3 Å². The Kier molecular flexibility index (Phi) is 5.67. The van der Waals surface area contributed by atoms with Gasteiger partial charge in [-0.3, -0.25) is 0 Å². The summed E-state index contributed by atoms with van der Waals surface area (Å²) < 4.78 is 27.1. The summed E-state index contributed by atoms with van der Waals surface area (Å²) in [6, 6.07) is 14.6. The van der Waals surface area contributed by atoms with Gasteiger partial charge in [0.15, 0.2) is 0 Å². The van der Waals surface area contributed by atoms with Crippen molar-refractivity contribution in [1.82, 2.24) is 4.31 Å². The Balaban J connectivity index is 1.66. The van der Waals surface area contributed by atoms with Crippen LogP contribution in [0.4, 0.5) is 5.69 Å². The van der Waals surface area contributed by atoms with Crippen LogP contribution in [0.1, 0.15) is 25.3 Å². The topological polar surface area (TPSA) is 49.4 Å². The number of sulfonamides is 1. The Hall–Kier alpha value is -1.56. The maximum atomic E-state index is 12.7. The molecule has 0 aliphatic carbocycles. The largest absolute Gasteiger partial charge is 0.381 e. The Labute approximate surface area is 154 Å². The second-order valence-electron chi connectivity index (χ2n) is 6.61. The van der Waals surface area contributed by atoms with Crippen molar-refractivity contribution in [1.29, 1.82) is 0 Å². The van der Waals surface area contributed by atoms with Crippen molar-refractivity contribution >= 4 is 27.3 Å². The van der Waals surface area contributed by atoms with Crippen LogP contribution in [0.2, 0.25) is 5.02 Å². The summed E-state index contributed by atoms with van der Waals surface area (Å²) in [6.07, 6.45) is 2.03. The first kappa shape index (κ1) is 18.2. The smallest absolute Gasteiger partial charge is 0.243 e. The minimum atomic E-state index is -3.39. The van der Waals surface area contributed by atoms with Crippen LogP contribution in [-0.2, 0) is 16.6 Å². The second kappa shape index (κ2) is 7.77. The molecular weight excluding hydrogens is 356 g/mol. The number of hydrogen-bond acceptors (Lipinski definition) is 3.